The van der Waals surface area contributed by atoms with Crippen molar-refractivity contribution in [2.45, 2.75) is 38.6 Å². The number of amides is 2. The van der Waals surface area contributed by atoms with Crippen LogP contribution in [-0.4, -0.2) is 40.7 Å². The third kappa shape index (κ3) is 3.17. The molecule has 2 amide bonds. The molecule has 2 aromatic rings. The molecule has 7 nitrogen and oxygen atoms in total. The summed E-state index contributed by atoms with van der Waals surface area (Å²) in [5.74, 6) is 2.78. The molecule has 2 aromatic heterocycles. The minimum absolute atomic E-state index is 0.0953. The highest BCUT2D eigenvalue weighted by Gasteiger charge is 2.33. The Morgan fingerprint density at radius 3 is 3.00 bits per heavy atom. The number of allylic oxidation sites excluding steroid dienone is 1. The number of carbonyl (C=O) groups excluding carboxylic acids is 1. The van der Waals surface area contributed by atoms with Gasteiger partial charge in [-0.25, -0.2) is 9.78 Å². The van der Waals surface area contributed by atoms with E-state index in [4.69, 9.17) is 4.65 Å². The maximum atomic E-state index is 11.7. The van der Waals surface area contributed by atoms with Crippen LogP contribution in [-0.2, 0) is 0 Å². The number of nitrogens with zero attached hydrogens (tertiary/aromatic N) is 1. The van der Waals surface area contributed by atoms with E-state index >= 15 is 0 Å². The minimum atomic E-state index is -0.943. The number of aromatic amines is 1. The molecule has 0 atom stereocenters. The van der Waals surface area contributed by atoms with E-state index in [2.05, 4.69) is 20.6 Å². The molecular formula is C18H23BN4O3. The normalized spacial score (nSPS) is 22.4. The molecular weight excluding hydrogens is 331 g/mol. The summed E-state index contributed by atoms with van der Waals surface area (Å²) in [6.45, 7) is 2.54. The Hall–Kier alpha value is -2.48. The zero-order valence-electron chi connectivity index (χ0n) is 14.8. The zero-order valence-corrected chi connectivity index (χ0v) is 14.8. The first kappa shape index (κ1) is 17.0. The number of fused-ring (bicyclic) bond motifs is 3. The highest BCUT2D eigenvalue weighted by molar-refractivity contribution is 6.52. The summed E-state index contributed by atoms with van der Waals surface area (Å²) in [5, 5.41) is 16.9. The van der Waals surface area contributed by atoms with Crippen LogP contribution in [0.1, 0.15) is 38.2 Å². The lowest BCUT2D eigenvalue weighted by Crippen LogP contribution is -2.43. The van der Waals surface area contributed by atoms with Crippen molar-refractivity contribution in [3.63, 3.8) is 0 Å². The molecule has 1 saturated carbocycles. The second kappa shape index (κ2) is 7.03. The van der Waals surface area contributed by atoms with E-state index in [1.165, 1.54) is 0 Å². The summed E-state index contributed by atoms with van der Waals surface area (Å²) in [6, 6.07) is 2.10. The van der Waals surface area contributed by atoms with E-state index in [1.807, 2.05) is 25.2 Å². The Balaban J connectivity index is 1.54. The summed E-state index contributed by atoms with van der Waals surface area (Å²) in [6.07, 6.45) is 7.31. The Bertz CT molecular complexity index is 842. The molecule has 2 aliphatic rings. The van der Waals surface area contributed by atoms with Gasteiger partial charge in [-0.1, -0.05) is 0 Å². The first-order chi connectivity index (χ1) is 12.7. The van der Waals surface area contributed by atoms with Gasteiger partial charge in [0.05, 0.1) is 6.20 Å². The summed E-state index contributed by atoms with van der Waals surface area (Å²) in [5.41, 5.74) is 2.98. The van der Waals surface area contributed by atoms with Gasteiger partial charge in [0.15, 0.2) is 0 Å². The molecule has 4 N–H and O–H groups in total. The second-order valence-corrected chi connectivity index (χ2v) is 6.92. The summed E-state index contributed by atoms with van der Waals surface area (Å²) >= 11 is 0. The summed E-state index contributed by atoms with van der Waals surface area (Å²) in [4.78, 5) is 19.2. The van der Waals surface area contributed by atoms with Crippen LogP contribution in [0.2, 0.25) is 0 Å². The van der Waals surface area contributed by atoms with E-state index in [-0.39, 0.29) is 12.1 Å². The van der Waals surface area contributed by atoms with Crippen molar-refractivity contribution in [2.24, 2.45) is 5.92 Å². The SMILES string of the molecule is CCNC(=O)NC1CCC(C2=CB(O)Oc3cnc4[nH]ccc4c32)CC1. The van der Waals surface area contributed by atoms with Gasteiger partial charge in [0.1, 0.15) is 11.4 Å². The van der Waals surface area contributed by atoms with Gasteiger partial charge in [-0.2, -0.15) is 0 Å². The molecule has 1 aliphatic carbocycles. The van der Waals surface area contributed by atoms with Crippen molar-refractivity contribution < 1.29 is 14.5 Å². The highest BCUT2D eigenvalue weighted by Crippen LogP contribution is 2.43. The highest BCUT2D eigenvalue weighted by atomic mass is 16.5. The molecule has 136 valence electrons. The van der Waals surface area contributed by atoms with Crippen LogP contribution < -0.4 is 15.3 Å². The molecule has 1 aliphatic heterocycles. The molecule has 4 rings (SSSR count). The van der Waals surface area contributed by atoms with Gasteiger partial charge in [0.25, 0.3) is 0 Å². The number of hydrogen-bond acceptors (Lipinski definition) is 4. The van der Waals surface area contributed by atoms with Crippen molar-refractivity contribution in [1.82, 2.24) is 20.6 Å². The second-order valence-electron chi connectivity index (χ2n) is 6.92. The quantitative estimate of drug-likeness (QED) is 0.635. The minimum Gasteiger partial charge on any atom is -0.531 e. The van der Waals surface area contributed by atoms with Crippen molar-refractivity contribution >= 4 is 29.8 Å². The predicted molar refractivity (Wildman–Crippen MR) is 101 cm³/mol. The van der Waals surface area contributed by atoms with Crippen molar-refractivity contribution in [2.75, 3.05) is 6.54 Å². The topological polar surface area (TPSA) is 99.3 Å². The Morgan fingerprint density at radius 2 is 2.23 bits per heavy atom. The smallest absolute Gasteiger partial charge is 0.531 e. The Morgan fingerprint density at radius 1 is 1.42 bits per heavy atom. The molecule has 26 heavy (non-hydrogen) atoms. The molecule has 0 unspecified atom stereocenters. The Labute approximate surface area is 152 Å². The molecule has 1 fully saturated rings. The lowest BCUT2D eigenvalue weighted by atomic mass is 9.72. The molecule has 0 bridgehead atoms. The van der Waals surface area contributed by atoms with Crippen LogP contribution in [0.4, 0.5) is 4.79 Å². The summed E-state index contributed by atoms with van der Waals surface area (Å²) in [7, 11) is -0.943. The molecule has 8 heteroatoms. The van der Waals surface area contributed by atoms with Crippen LogP contribution in [0.3, 0.4) is 0 Å². The Kier molecular flexibility index (Phi) is 4.59. The maximum Gasteiger partial charge on any atom is 0.552 e. The number of carbonyl (C=O) groups is 1. The van der Waals surface area contributed by atoms with Crippen LogP contribution in [0.5, 0.6) is 5.75 Å². The van der Waals surface area contributed by atoms with Gasteiger partial charge in [0.2, 0.25) is 0 Å². The number of aromatic nitrogens is 2. The number of hydrogen-bond donors (Lipinski definition) is 4. The standard InChI is InChI=1S/C18H23BN4O3/c1-2-20-18(24)23-12-5-3-11(4-6-12)14-9-19(25)26-15-10-22-17-13(16(14)15)7-8-21-17/h7-12,25H,2-6H2,1H3,(H,21,22)(H2,20,23,24). The third-order valence-electron chi connectivity index (χ3n) is 5.25. The van der Waals surface area contributed by atoms with Gasteiger partial charge in [0, 0.05) is 29.7 Å². The van der Waals surface area contributed by atoms with E-state index in [1.54, 1.807) is 6.20 Å². The number of nitrogens with one attached hydrogen (secondary N) is 3. The fourth-order valence-corrected chi connectivity index (χ4v) is 4.06. The lowest BCUT2D eigenvalue weighted by Gasteiger charge is -2.33. The average Bonchev–Trinajstić information content (AvgIpc) is 3.10. The largest absolute Gasteiger partial charge is 0.552 e. The van der Waals surface area contributed by atoms with Crippen LogP contribution in [0.15, 0.2) is 24.4 Å². The van der Waals surface area contributed by atoms with Crippen molar-refractivity contribution in [3.05, 3.63) is 30.0 Å². The average molecular weight is 354 g/mol. The predicted octanol–water partition coefficient (Wildman–Crippen LogP) is 2.24. The molecule has 0 radical (unpaired) electrons. The van der Waals surface area contributed by atoms with Gasteiger partial charge in [-0.15, -0.1) is 0 Å². The zero-order chi connectivity index (χ0) is 18.1. The first-order valence-corrected chi connectivity index (χ1v) is 9.23. The van der Waals surface area contributed by atoms with Gasteiger partial charge < -0.3 is 25.3 Å². The van der Waals surface area contributed by atoms with Gasteiger partial charge in [-0.05, 0) is 56.1 Å². The van der Waals surface area contributed by atoms with E-state index < -0.39 is 7.12 Å². The van der Waals surface area contributed by atoms with Crippen molar-refractivity contribution in [3.8, 4) is 5.75 Å². The van der Waals surface area contributed by atoms with E-state index in [0.29, 0.717) is 18.2 Å². The maximum absolute atomic E-state index is 11.7. The first-order valence-electron chi connectivity index (χ1n) is 9.23. The number of rotatable bonds is 3. The van der Waals surface area contributed by atoms with Crippen LogP contribution in [0, 0.1) is 5.92 Å². The van der Waals surface area contributed by atoms with Gasteiger partial charge in [-0.3, -0.25) is 0 Å². The molecule has 0 aromatic carbocycles. The number of urea groups is 1. The fourth-order valence-electron chi connectivity index (χ4n) is 4.06. The van der Waals surface area contributed by atoms with E-state index in [9.17, 15) is 9.82 Å². The van der Waals surface area contributed by atoms with E-state index in [0.717, 1.165) is 47.9 Å². The summed E-state index contributed by atoms with van der Waals surface area (Å²) < 4.78 is 5.57. The number of H-pyrrole nitrogens is 1. The third-order valence-corrected chi connectivity index (χ3v) is 5.25. The fraction of sp³-hybridized carbons (Fsp3) is 0.444. The van der Waals surface area contributed by atoms with Crippen LogP contribution in [0.25, 0.3) is 16.6 Å². The lowest BCUT2D eigenvalue weighted by molar-refractivity contribution is 0.231. The molecule has 0 saturated heterocycles. The van der Waals surface area contributed by atoms with Crippen LogP contribution >= 0.6 is 0 Å². The monoisotopic (exact) mass is 354 g/mol. The molecule has 3 heterocycles. The number of pyridine rings is 1. The van der Waals surface area contributed by atoms with Crippen molar-refractivity contribution in [1.29, 1.82) is 0 Å². The molecule has 0 spiro atoms. The van der Waals surface area contributed by atoms with Gasteiger partial charge >= 0.3 is 13.1 Å².